The first-order chi connectivity index (χ1) is 13.1. The fraction of sp³-hybridized carbons (Fsp3) is 0.250. The highest BCUT2D eigenvalue weighted by Gasteiger charge is 2.21. The average molecular weight is 401 g/mol. The molecule has 1 heterocycles. The van der Waals surface area contributed by atoms with Crippen LogP contribution < -0.4 is 5.32 Å². The number of hydrogen-bond acceptors (Lipinski definition) is 6. The number of aliphatic imine (C=N–C) groups is 1. The van der Waals surface area contributed by atoms with Gasteiger partial charge in [-0.05, 0) is 30.7 Å². The first-order valence-corrected chi connectivity index (χ1v) is 10.6. The maximum atomic E-state index is 12.6. The molecule has 0 radical (unpaired) electrons. The molecular formula is C20H20N2O3S2. The van der Waals surface area contributed by atoms with Crippen molar-refractivity contribution in [3.8, 4) is 0 Å². The van der Waals surface area contributed by atoms with E-state index < -0.39 is 12.1 Å². The second-order valence-corrected chi connectivity index (χ2v) is 8.15. The number of nitrogens with one attached hydrogen (secondary N) is 1. The van der Waals surface area contributed by atoms with Gasteiger partial charge in [0.05, 0.1) is 12.1 Å². The number of anilines is 1. The molecule has 1 N–H and O–H groups in total. The van der Waals surface area contributed by atoms with Crippen LogP contribution in [0.5, 0.6) is 0 Å². The molecular weight excluding hydrogens is 380 g/mol. The smallest absolute Gasteiger partial charge is 0.339 e. The van der Waals surface area contributed by atoms with Crippen molar-refractivity contribution in [1.82, 2.24) is 0 Å². The van der Waals surface area contributed by atoms with Gasteiger partial charge in [0.25, 0.3) is 5.91 Å². The van der Waals surface area contributed by atoms with Crippen molar-refractivity contribution in [1.29, 1.82) is 0 Å². The summed E-state index contributed by atoms with van der Waals surface area (Å²) in [5.74, 6) is 0.794. The summed E-state index contributed by atoms with van der Waals surface area (Å²) in [7, 11) is 0. The minimum absolute atomic E-state index is 0.363. The molecule has 27 heavy (non-hydrogen) atoms. The lowest BCUT2D eigenvalue weighted by molar-refractivity contribution is -0.123. The van der Waals surface area contributed by atoms with E-state index >= 15 is 0 Å². The Bertz CT molecular complexity index is 840. The molecule has 2 aromatic rings. The van der Waals surface area contributed by atoms with Crippen molar-refractivity contribution >= 4 is 45.5 Å². The molecule has 1 atom stereocenters. The van der Waals surface area contributed by atoms with Crippen molar-refractivity contribution in [2.45, 2.75) is 18.8 Å². The van der Waals surface area contributed by atoms with Crippen LogP contribution >= 0.6 is 23.5 Å². The van der Waals surface area contributed by atoms with Crippen molar-refractivity contribution in [3.63, 3.8) is 0 Å². The minimum Gasteiger partial charge on any atom is -0.449 e. The summed E-state index contributed by atoms with van der Waals surface area (Å²) in [4.78, 5) is 29.2. The van der Waals surface area contributed by atoms with Crippen LogP contribution in [0.4, 0.5) is 5.69 Å². The second-order valence-electron chi connectivity index (χ2n) is 5.84. The summed E-state index contributed by atoms with van der Waals surface area (Å²) in [5.41, 5.74) is 2.02. The second kappa shape index (κ2) is 9.62. The number of amides is 1. The Hall–Kier alpha value is -2.25. The van der Waals surface area contributed by atoms with Crippen LogP contribution in [0.15, 0.2) is 59.6 Å². The Morgan fingerprint density at radius 2 is 1.93 bits per heavy atom. The SMILES string of the molecule is C[C@@H](OC(=O)c1ccccc1CSC1=NCCS1)C(=O)Nc1ccccc1. The normalized spacial score (nSPS) is 14.3. The first-order valence-electron chi connectivity index (χ1n) is 8.58. The number of carbonyl (C=O) groups is 2. The fourth-order valence-corrected chi connectivity index (χ4v) is 4.44. The van der Waals surface area contributed by atoms with Gasteiger partial charge in [0, 0.05) is 17.2 Å². The highest BCUT2D eigenvalue weighted by Crippen LogP contribution is 2.26. The standard InChI is InChI=1S/C20H20N2O3S2/c1-14(18(23)22-16-8-3-2-4-9-16)25-19(24)17-10-6-5-7-15(17)13-27-20-21-11-12-26-20/h2-10,14H,11-13H2,1H3,(H,22,23)/t14-/m1/s1. The molecule has 0 spiro atoms. The van der Waals surface area contributed by atoms with Gasteiger partial charge in [0.15, 0.2) is 6.10 Å². The van der Waals surface area contributed by atoms with Gasteiger partial charge in [-0.25, -0.2) is 4.79 Å². The molecule has 0 saturated heterocycles. The zero-order valence-electron chi connectivity index (χ0n) is 14.9. The summed E-state index contributed by atoms with van der Waals surface area (Å²) in [5, 5.41) is 2.74. The Balaban J connectivity index is 1.60. The number of nitrogens with zero attached hydrogens (tertiary/aromatic N) is 1. The fourth-order valence-electron chi connectivity index (χ4n) is 2.43. The van der Waals surface area contributed by atoms with E-state index in [2.05, 4.69) is 10.3 Å². The van der Waals surface area contributed by atoms with E-state index in [1.165, 1.54) is 0 Å². The van der Waals surface area contributed by atoms with Gasteiger partial charge in [-0.3, -0.25) is 9.79 Å². The summed E-state index contributed by atoms with van der Waals surface area (Å²) in [6.07, 6.45) is -0.895. The molecule has 0 aromatic heterocycles. The lowest BCUT2D eigenvalue weighted by Gasteiger charge is -2.15. The Kier molecular flexibility index (Phi) is 6.95. The summed E-state index contributed by atoms with van der Waals surface area (Å²) in [6.45, 7) is 2.42. The quantitative estimate of drug-likeness (QED) is 0.736. The van der Waals surface area contributed by atoms with E-state index in [0.717, 1.165) is 22.2 Å². The number of benzene rings is 2. The van der Waals surface area contributed by atoms with Crippen LogP contribution in [0.3, 0.4) is 0 Å². The van der Waals surface area contributed by atoms with E-state index in [1.54, 1.807) is 54.7 Å². The lowest BCUT2D eigenvalue weighted by Crippen LogP contribution is -2.30. The van der Waals surface area contributed by atoms with Crippen molar-refractivity contribution in [3.05, 3.63) is 65.7 Å². The van der Waals surface area contributed by atoms with E-state index in [0.29, 0.717) is 17.0 Å². The zero-order valence-corrected chi connectivity index (χ0v) is 16.5. The van der Waals surface area contributed by atoms with Crippen molar-refractivity contribution in [2.75, 3.05) is 17.6 Å². The van der Waals surface area contributed by atoms with Crippen LogP contribution in [-0.2, 0) is 15.3 Å². The van der Waals surface area contributed by atoms with Crippen molar-refractivity contribution < 1.29 is 14.3 Å². The highest BCUT2D eigenvalue weighted by molar-refractivity contribution is 8.38. The topological polar surface area (TPSA) is 67.8 Å². The number of carbonyl (C=O) groups excluding carboxylic acids is 2. The predicted octanol–water partition coefficient (Wildman–Crippen LogP) is 4.21. The summed E-state index contributed by atoms with van der Waals surface area (Å²) < 4.78 is 6.44. The van der Waals surface area contributed by atoms with Crippen molar-refractivity contribution in [2.24, 2.45) is 4.99 Å². The molecule has 140 valence electrons. The van der Waals surface area contributed by atoms with Gasteiger partial charge >= 0.3 is 5.97 Å². The molecule has 7 heteroatoms. The average Bonchev–Trinajstić information content (AvgIpc) is 3.21. The molecule has 2 aromatic carbocycles. The van der Waals surface area contributed by atoms with Gasteiger partial charge in [0.2, 0.25) is 0 Å². The first kappa shape index (κ1) is 19.5. The van der Waals surface area contributed by atoms with Crippen LogP contribution in [0.1, 0.15) is 22.8 Å². The maximum Gasteiger partial charge on any atom is 0.339 e. The van der Waals surface area contributed by atoms with Crippen LogP contribution in [0, 0.1) is 0 Å². The van der Waals surface area contributed by atoms with E-state index in [4.69, 9.17) is 4.74 Å². The lowest BCUT2D eigenvalue weighted by atomic mass is 10.1. The predicted molar refractivity (Wildman–Crippen MR) is 112 cm³/mol. The molecule has 1 aliphatic rings. The highest BCUT2D eigenvalue weighted by atomic mass is 32.2. The molecule has 0 aliphatic carbocycles. The van der Waals surface area contributed by atoms with Gasteiger partial charge in [-0.2, -0.15) is 0 Å². The maximum absolute atomic E-state index is 12.6. The Morgan fingerprint density at radius 3 is 2.67 bits per heavy atom. The van der Waals surface area contributed by atoms with Gasteiger partial charge in [0.1, 0.15) is 4.38 Å². The Labute approximate surface area is 167 Å². The van der Waals surface area contributed by atoms with Gasteiger partial charge in [-0.15, -0.1) is 0 Å². The number of thioether (sulfide) groups is 2. The third kappa shape index (κ3) is 5.61. The van der Waals surface area contributed by atoms with E-state index in [-0.39, 0.29) is 5.91 Å². The monoisotopic (exact) mass is 400 g/mol. The number of para-hydroxylation sites is 1. The number of ether oxygens (including phenoxy) is 1. The van der Waals surface area contributed by atoms with Crippen LogP contribution in [0.25, 0.3) is 0 Å². The number of hydrogen-bond donors (Lipinski definition) is 1. The van der Waals surface area contributed by atoms with Gasteiger partial charge in [-0.1, -0.05) is 59.9 Å². The third-order valence-electron chi connectivity index (χ3n) is 3.84. The van der Waals surface area contributed by atoms with Gasteiger partial charge < -0.3 is 10.1 Å². The summed E-state index contributed by atoms with van der Waals surface area (Å²) in [6, 6.07) is 16.4. The molecule has 5 nitrogen and oxygen atoms in total. The number of esters is 1. The molecule has 0 unspecified atom stereocenters. The largest absolute Gasteiger partial charge is 0.449 e. The molecule has 3 rings (SSSR count). The van der Waals surface area contributed by atoms with Crippen LogP contribution in [0.2, 0.25) is 0 Å². The third-order valence-corrected chi connectivity index (χ3v) is 6.14. The number of rotatable bonds is 6. The molecule has 0 fully saturated rings. The molecule has 1 amide bonds. The van der Waals surface area contributed by atoms with Crippen LogP contribution in [-0.4, -0.2) is 34.7 Å². The van der Waals surface area contributed by atoms with E-state index in [1.807, 2.05) is 30.3 Å². The van der Waals surface area contributed by atoms with E-state index in [9.17, 15) is 9.59 Å². The Morgan fingerprint density at radius 1 is 1.19 bits per heavy atom. The zero-order chi connectivity index (χ0) is 19.1. The molecule has 0 saturated carbocycles. The molecule has 1 aliphatic heterocycles. The molecule has 0 bridgehead atoms. The minimum atomic E-state index is -0.895. The summed E-state index contributed by atoms with van der Waals surface area (Å²) >= 11 is 3.36.